The van der Waals surface area contributed by atoms with Crippen molar-refractivity contribution in [2.45, 2.75) is 40.0 Å². The molecule has 0 saturated heterocycles. The van der Waals surface area contributed by atoms with E-state index in [0.29, 0.717) is 24.0 Å². The summed E-state index contributed by atoms with van der Waals surface area (Å²) in [5.41, 5.74) is 3.35. The summed E-state index contributed by atoms with van der Waals surface area (Å²) < 4.78 is 5.22. The zero-order chi connectivity index (χ0) is 15.8. The number of phenolic OH excluding ortho intramolecular Hbond substituents is 1. The first-order valence-electron chi connectivity index (χ1n) is 7.04. The van der Waals surface area contributed by atoms with Crippen molar-refractivity contribution >= 4 is 6.29 Å². The zero-order valence-electron chi connectivity index (χ0n) is 13.2. The number of carbonyl (C=O) groups excluding carboxylic acids is 1. The van der Waals surface area contributed by atoms with E-state index in [1.807, 2.05) is 0 Å². The molecule has 1 N–H and O–H groups in total. The normalized spacial score (nSPS) is 11.1. The third-order valence-corrected chi connectivity index (χ3v) is 3.28. The Kier molecular flexibility index (Phi) is 6.73. The summed E-state index contributed by atoms with van der Waals surface area (Å²) in [5.74, 6) is 0.504. The number of rotatable bonds is 7. The Bertz CT molecular complexity index is 550. The van der Waals surface area contributed by atoms with Crippen LogP contribution in [0, 0.1) is 6.07 Å². The fourth-order valence-corrected chi connectivity index (χ4v) is 2.01. The number of benzene rings is 1. The molecule has 1 aromatic rings. The Hall–Kier alpha value is -2.03. The van der Waals surface area contributed by atoms with Crippen LogP contribution in [0.1, 0.15) is 49.5 Å². The number of hydrogen-bond acceptors (Lipinski definition) is 3. The van der Waals surface area contributed by atoms with Crippen LogP contribution in [0.25, 0.3) is 0 Å². The van der Waals surface area contributed by atoms with Crippen LogP contribution in [-0.4, -0.2) is 18.5 Å². The highest BCUT2D eigenvalue weighted by Crippen LogP contribution is 2.31. The van der Waals surface area contributed by atoms with Crippen molar-refractivity contribution in [3.8, 4) is 11.5 Å². The molecule has 0 spiro atoms. The average molecular weight is 287 g/mol. The van der Waals surface area contributed by atoms with Crippen LogP contribution in [0.5, 0.6) is 11.5 Å². The molecule has 21 heavy (non-hydrogen) atoms. The molecule has 0 bridgehead atoms. The average Bonchev–Trinajstić information content (AvgIpc) is 2.45. The van der Waals surface area contributed by atoms with E-state index in [-0.39, 0.29) is 11.3 Å². The number of methoxy groups -OCH3 is 1. The monoisotopic (exact) mass is 287 g/mol. The summed E-state index contributed by atoms with van der Waals surface area (Å²) in [6.07, 6.45) is 7.39. The lowest BCUT2D eigenvalue weighted by atomic mass is 10.0. The number of allylic oxidation sites excluding steroid dienone is 4. The van der Waals surface area contributed by atoms with Crippen LogP contribution in [0.15, 0.2) is 29.4 Å². The molecule has 1 aromatic carbocycles. The molecule has 0 aliphatic carbocycles. The minimum absolute atomic E-state index is 0.0438. The first-order chi connectivity index (χ1) is 9.99. The van der Waals surface area contributed by atoms with Gasteiger partial charge in [0.1, 0.15) is 11.5 Å². The van der Waals surface area contributed by atoms with E-state index in [9.17, 15) is 9.90 Å². The zero-order valence-corrected chi connectivity index (χ0v) is 13.2. The van der Waals surface area contributed by atoms with E-state index in [2.05, 4.69) is 39.0 Å². The Balaban J connectivity index is 2.86. The quantitative estimate of drug-likeness (QED) is 0.602. The smallest absolute Gasteiger partial charge is 0.154 e. The van der Waals surface area contributed by atoms with Crippen molar-refractivity contribution in [2.75, 3.05) is 7.11 Å². The Morgan fingerprint density at radius 3 is 2.62 bits per heavy atom. The number of phenols is 1. The van der Waals surface area contributed by atoms with Gasteiger partial charge in [-0.05, 0) is 46.1 Å². The lowest BCUT2D eigenvalue weighted by Crippen LogP contribution is -1.95. The summed E-state index contributed by atoms with van der Waals surface area (Å²) in [6.45, 7) is 6.24. The fraction of sp³-hybridized carbons (Fsp3) is 0.389. The van der Waals surface area contributed by atoms with Gasteiger partial charge in [0.15, 0.2) is 6.29 Å². The first kappa shape index (κ1) is 17.0. The van der Waals surface area contributed by atoms with Gasteiger partial charge in [0.05, 0.1) is 12.7 Å². The SMILES string of the molecule is COc1c[c]c(C=O)c(O)c1C/C=C(\C)CCC=C(C)C. The van der Waals surface area contributed by atoms with E-state index in [1.165, 1.54) is 18.3 Å². The molecule has 0 aliphatic rings. The lowest BCUT2D eigenvalue weighted by molar-refractivity contribution is 0.112. The lowest BCUT2D eigenvalue weighted by Gasteiger charge is -2.10. The maximum absolute atomic E-state index is 10.9. The maximum atomic E-state index is 10.9. The molecule has 0 aromatic heterocycles. The number of aromatic hydroxyl groups is 1. The fourth-order valence-electron chi connectivity index (χ4n) is 2.01. The van der Waals surface area contributed by atoms with E-state index in [0.717, 1.165) is 12.8 Å². The van der Waals surface area contributed by atoms with Gasteiger partial charge in [-0.15, -0.1) is 0 Å². The number of aldehydes is 1. The number of ether oxygens (including phenoxy) is 1. The van der Waals surface area contributed by atoms with Gasteiger partial charge in [-0.1, -0.05) is 23.3 Å². The number of carbonyl (C=O) groups is 1. The molecule has 0 unspecified atom stereocenters. The van der Waals surface area contributed by atoms with Gasteiger partial charge in [-0.3, -0.25) is 4.79 Å². The summed E-state index contributed by atoms with van der Waals surface area (Å²) in [6, 6.07) is 4.30. The summed E-state index contributed by atoms with van der Waals surface area (Å²) in [7, 11) is 1.54. The third-order valence-electron chi connectivity index (χ3n) is 3.28. The topological polar surface area (TPSA) is 46.5 Å². The van der Waals surface area contributed by atoms with Crippen LogP contribution >= 0.6 is 0 Å². The van der Waals surface area contributed by atoms with Gasteiger partial charge in [0, 0.05) is 11.6 Å². The van der Waals surface area contributed by atoms with Crippen LogP contribution in [0.3, 0.4) is 0 Å². The molecule has 0 heterocycles. The second-order valence-electron chi connectivity index (χ2n) is 5.29. The van der Waals surface area contributed by atoms with Crippen molar-refractivity contribution < 1.29 is 14.6 Å². The van der Waals surface area contributed by atoms with Crippen molar-refractivity contribution in [1.29, 1.82) is 0 Å². The minimum atomic E-state index is -0.0438. The van der Waals surface area contributed by atoms with Crippen molar-refractivity contribution in [3.63, 3.8) is 0 Å². The standard InChI is InChI=1S/C18H23O3/c1-13(2)6-5-7-14(3)8-10-16-17(21-4)11-9-15(12-19)18(16)20/h6,8,11-12,20H,5,7,10H2,1-4H3/b14-8+. The molecule has 113 valence electrons. The second-order valence-corrected chi connectivity index (χ2v) is 5.29. The van der Waals surface area contributed by atoms with E-state index in [1.54, 1.807) is 6.07 Å². The molecule has 0 atom stereocenters. The Morgan fingerprint density at radius 1 is 1.33 bits per heavy atom. The van der Waals surface area contributed by atoms with Crippen LogP contribution < -0.4 is 4.74 Å². The van der Waals surface area contributed by atoms with Crippen molar-refractivity contribution in [1.82, 2.24) is 0 Å². The number of hydrogen-bond donors (Lipinski definition) is 1. The predicted octanol–water partition coefficient (Wildman–Crippen LogP) is 4.25. The van der Waals surface area contributed by atoms with Gasteiger partial charge in [-0.2, -0.15) is 0 Å². The van der Waals surface area contributed by atoms with Crippen molar-refractivity contribution in [2.24, 2.45) is 0 Å². The van der Waals surface area contributed by atoms with Gasteiger partial charge < -0.3 is 9.84 Å². The van der Waals surface area contributed by atoms with Crippen LogP contribution in [0.2, 0.25) is 0 Å². The van der Waals surface area contributed by atoms with E-state index in [4.69, 9.17) is 4.74 Å². The second kappa shape index (κ2) is 8.30. The highest BCUT2D eigenvalue weighted by Gasteiger charge is 2.12. The van der Waals surface area contributed by atoms with Crippen molar-refractivity contribution in [3.05, 3.63) is 46.6 Å². The van der Waals surface area contributed by atoms with Crippen LogP contribution in [-0.2, 0) is 6.42 Å². The van der Waals surface area contributed by atoms with E-state index >= 15 is 0 Å². The minimum Gasteiger partial charge on any atom is -0.507 e. The Labute approximate surface area is 127 Å². The summed E-state index contributed by atoms with van der Waals surface area (Å²) in [4.78, 5) is 10.9. The summed E-state index contributed by atoms with van der Waals surface area (Å²) >= 11 is 0. The molecule has 0 amide bonds. The highest BCUT2D eigenvalue weighted by atomic mass is 16.5. The predicted molar refractivity (Wildman–Crippen MR) is 85.0 cm³/mol. The maximum Gasteiger partial charge on any atom is 0.154 e. The van der Waals surface area contributed by atoms with E-state index < -0.39 is 0 Å². The molecule has 1 radical (unpaired) electrons. The highest BCUT2D eigenvalue weighted by molar-refractivity contribution is 5.80. The van der Waals surface area contributed by atoms with Gasteiger partial charge >= 0.3 is 0 Å². The van der Waals surface area contributed by atoms with Gasteiger partial charge in [-0.25, -0.2) is 0 Å². The molecular formula is C18H23O3. The first-order valence-corrected chi connectivity index (χ1v) is 7.04. The van der Waals surface area contributed by atoms with Crippen LogP contribution in [0.4, 0.5) is 0 Å². The third kappa shape index (κ3) is 5.10. The molecular weight excluding hydrogens is 264 g/mol. The summed E-state index contributed by atoms with van der Waals surface area (Å²) in [5, 5.41) is 10.1. The largest absolute Gasteiger partial charge is 0.507 e. The molecule has 0 saturated carbocycles. The van der Waals surface area contributed by atoms with Gasteiger partial charge in [0.2, 0.25) is 0 Å². The molecule has 0 fully saturated rings. The molecule has 0 aliphatic heterocycles. The molecule has 1 rings (SSSR count). The van der Waals surface area contributed by atoms with Gasteiger partial charge in [0.25, 0.3) is 0 Å². The molecule has 3 heteroatoms. The molecule has 3 nitrogen and oxygen atoms in total. The Morgan fingerprint density at radius 2 is 2.05 bits per heavy atom.